The van der Waals surface area contributed by atoms with Gasteiger partial charge in [0.05, 0.1) is 14.2 Å². The van der Waals surface area contributed by atoms with Crippen molar-refractivity contribution >= 4 is 22.5 Å². The standard InChI is InChI=1S/C19H20N2O3/c1-23-17-7-3-13(11-18(17)24-2)4-8-19(22)21-15-6-5-14-9-10-20-16(14)12-15/h3,5-7,9-12,20H,4,8H2,1-2H3,(H,21,22). The van der Waals surface area contributed by atoms with E-state index in [0.29, 0.717) is 24.3 Å². The minimum atomic E-state index is -0.0179. The maximum atomic E-state index is 12.2. The number of fused-ring (bicyclic) bond motifs is 1. The lowest BCUT2D eigenvalue weighted by atomic mass is 10.1. The highest BCUT2D eigenvalue weighted by atomic mass is 16.5. The molecule has 1 amide bonds. The first kappa shape index (κ1) is 15.9. The first-order valence-corrected chi connectivity index (χ1v) is 7.77. The Morgan fingerprint density at radius 2 is 1.88 bits per heavy atom. The van der Waals surface area contributed by atoms with Crippen LogP contribution in [0.5, 0.6) is 11.5 Å². The molecule has 0 unspecified atom stereocenters. The summed E-state index contributed by atoms with van der Waals surface area (Å²) in [6, 6.07) is 13.5. The van der Waals surface area contributed by atoms with Crippen molar-refractivity contribution in [3.63, 3.8) is 0 Å². The van der Waals surface area contributed by atoms with Gasteiger partial charge in [-0.15, -0.1) is 0 Å². The minimum Gasteiger partial charge on any atom is -0.493 e. The molecule has 0 aliphatic rings. The fourth-order valence-corrected chi connectivity index (χ4v) is 2.64. The van der Waals surface area contributed by atoms with Crippen LogP contribution < -0.4 is 14.8 Å². The normalized spacial score (nSPS) is 10.6. The largest absolute Gasteiger partial charge is 0.493 e. The van der Waals surface area contributed by atoms with Gasteiger partial charge in [-0.3, -0.25) is 4.79 Å². The summed E-state index contributed by atoms with van der Waals surface area (Å²) in [5, 5.41) is 4.05. The van der Waals surface area contributed by atoms with Crippen LogP contribution in [0.25, 0.3) is 10.9 Å². The minimum absolute atomic E-state index is 0.0179. The number of methoxy groups -OCH3 is 2. The lowest BCUT2D eigenvalue weighted by Gasteiger charge is -2.10. The van der Waals surface area contributed by atoms with Gasteiger partial charge in [0.1, 0.15) is 0 Å². The van der Waals surface area contributed by atoms with Crippen molar-refractivity contribution in [1.29, 1.82) is 0 Å². The van der Waals surface area contributed by atoms with Gasteiger partial charge in [-0.25, -0.2) is 0 Å². The maximum Gasteiger partial charge on any atom is 0.224 e. The average Bonchev–Trinajstić information content (AvgIpc) is 3.07. The van der Waals surface area contributed by atoms with Gasteiger partial charge in [0.25, 0.3) is 0 Å². The topological polar surface area (TPSA) is 63.3 Å². The number of benzene rings is 2. The van der Waals surface area contributed by atoms with Crippen molar-refractivity contribution in [3.05, 3.63) is 54.2 Å². The van der Waals surface area contributed by atoms with E-state index in [2.05, 4.69) is 10.3 Å². The van der Waals surface area contributed by atoms with Crippen LogP contribution in [0.2, 0.25) is 0 Å². The summed E-state index contributed by atoms with van der Waals surface area (Å²) in [5.41, 5.74) is 2.83. The highest BCUT2D eigenvalue weighted by Crippen LogP contribution is 2.28. The quantitative estimate of drug-likeness (QED) is 0.726. The smallest absolute Gasteiger partial charge is 0.224 e. The average molecular weight is 324 g/mol. The molecule has 3 rings (SSSR count). The molecular weight excluding hydrogens is 304 g/mol. The van der Waals surface area contributed by atoms with E-state index in [1.807, 2.05) is 48.7 Å². The number of aryl methyl sites for hydroxylation is 1. The number of carbonyl (C=O) groups excluding carboxylic acids is 1. The number of anilines is 1. The monoisotopic (exact) mass is 324 g/mol. The van der Waals surface area contributed by atoms with Crippen molar-refractivity contribution in [3.8, 4) is 11.5 Å². The molecule has 0 bridgehead atoms. The molecule has 0 saturated carbocycles. The van der Waals surface area contributed by atoms with Crippen LogP contribution in [0.3, 0.4) is 0 Å². The van der Waals surface area contributed by atoms with E-state index >= 15 is 0 Å². The van der Waals surface area contributed by atoms with Gasteiger partial charge in [-0.2, -0.15) is 0 Å². The van der Waals surface area contributed by atoms with Crippen molar-refractivity contribution in [2.24, 2.45) is 0 Å². The molecule has 5 nitrogen and oxygen atoms in total. The predicted molar refractivity (Wildman–Crippen MR) is 94.8 cm³/mol. The Hall–Kier alpha value is -2.95. The van der Waals surface area contributed by atoms with E-state index in [1.165, 1.54) is 0 Å². The Kier molecular flexibility index (Phi) is 4.70. The molecule has 0 atom stereocenters. The van der Waals surface area contributed by atoms with Crippen LogP contribution in [0.4, 0.5) is 5.69 Å². The predicted octanol–water partition coefficient (Wildman–Crippen LogP) is 3.76. The number of aromatic nitrogens is 1. The summed E-state index contributed by atoms with van der Waals surface area (Å²) < 4.78 is 10.5. The number of nitrogens with one attached hydrogen (secondary N) is 2. The Morgan fingerprint density at radius 3 is 2.67 bits per heavy atom. The molecule has 5 heteroatoms. The zero-order chi connectivity index (χ0) is 16.9. The van der Waals surface area contributed by atoms with Crippen LogP contribution >= 0.6 is 0 Å². The van der Waals surface area contributed by atoms with Gasteiger partial charge in [0.15, 0.2) is 11.5 Å². The van der Waals surface area contributed by atoms with Gasteiger partial charge >= 0.3 is 0 Å². The highest BCUT2D eigenvalue weighted by Gasteiger charge is 2.08. The molecule has 1 heterocycles. The molecule has 3 aromatic rings. The molecule has 24 heavy (non-hydrogen) atoms. The summed E-state index contributed by atoms with van der Waals surface area (Å²) in [7, 11) is 3.21. The number of hydrogen-bond donors (Lipinski definition) is 2. The van der Waals surface area contributed by atoms with E-state index in [1.54, 1.807) is 14.2 Å². The van der Waals surface area contributed by atoms with Crippen molar-refractivity contribution < 1.29 is 14.3 Å². The van der Waals surface area contributed by atoms with Crippen LogP contribution in [0, 0.1) is 0 Å². The van der Waals surface area contributed by atoms with Gasteiger partial charge in [-0.05, 0) is 47.7 Å². The molecule has 0 spiro atoms. The second-order valence-corrected chi connectivity index (χ2v) is 5.52. The van der Waals surface area contributed by atoms with Crippen molar-refractivity contribution in [2.45, 2.75) is 12.8 Å². The fourth-order valence-electron chi connectivity index (χ4n) is 2.64. The molecule has 0 radical (unpaired) electrons. The van der Waals surface area contributed by atoms with Gasteiger partial charge in [0, 0.05) is 23.8 Å². The van der Waals surface area contributed by atoms with Gasteiger partial charge in [-0.1, -0.05) is 12.1 Å². The Balaban J connectivity index is 1.60. The van der Waals surface area contributed by atoms with Crippen LogP contribution in [0.15, 0.2) is 48.7 Å². The number of aromatic amines is 1. The Bertz CT molecular complexity index is 855. The van der Waals surface area contributed by atoms with E-state index in [0.717, 1.165) is 22.2 Å². The number of hydrogen-bond acceptors (Lipinski definition) is 3. The highest BCUT2D eigenvalue weighted by molar-refractivity contribution is 5.93. The number of ether oxygens (including phenoxy) is 2. The summed E-state index contributed by atoms with van der Waals surface area (Å²) in [5.74, 6) is 1.34. The molecule has 1 aromatic heterocycles. The fraction of sp³-hybridized carbons (Fsp3) is 0.211. The molecular formula is C19H20N2O3. The SMILES string of the molecule is COc1ccc(CCC(=O)Nc2ccc3cc[nH]c3c2)cc1OC. The van der Waals surface area contributed by atoms with Crippen molar-refractivity contribution in [1.82, 2.24) is 4.98 Å². The third-order valence-corrected chi connectivity index (χ3v) is 3.93. The first-order chi connectivity index (χ1) is 11.7. The molecule has 0 fully saturated rings. The summed E-state index contributed by atoms with van der Waals surface area (Å²) in [4.78, 5) is 15.3. The summed E-state index contributed by atoms with van der Waals surface area (Å²) in [6.45, 7) is 0. The van der Waals surface area contributed by atoms with Gasteiger partial charge in [0.2, 0.25) is 5.91 Å². The molecule has 124 valence electrons. The molecule has 0 aliphatic heterocycles. The van der Waals surface area contributed by atoms with Crippen LogP contribution in [0.1, 0.15) is 12.0 Å². The Labute approximate surface area is 140 Å². The lowest BCUT2D eigenvalue weighted by molar-refractivity contribution is -0.116. The number of carbonyl (C=O) groups is 1. The molecule has 2 N–H and O–H groups in total. The number of rotatable bonds is 6. The zero-order valence-electron chi connectivity index (χ0n) is 13.8. The van der Waals surface area contributed by atoms with Crippen molar-refractivity contribution in [2.75, 3.05) is 19.5 Å². The Morgan fingerprint density at radius 1 is 1.04 bits per heavy atom. The van der Waals surface area contributed by atoms with E-state index in [4.69, 9.17) is 9.47 Å². The number of amides is 1. The van der Waals surface area contributed by atoms with Crippen LogP contribution in [-0.4, -0.2) is 25.1 Å². The molecule has 0 saturated heterocycles. The van der Waals surface area contributed by atoms with E-state index in [-0.39, 0.29) is 5.91 Å². The maximum absolute atomic E-state index is 12.2. The first-order valence-electron chi connectivity index (χ1n) is 7.77. The van der Waals surface area contributed by atoms with E-state index in [9.17, 15) is 4.79 Å². The number of H-pyrrole nitrogens is 1. The lowest BCUT2D eigenvalue weighted by Crippen LogP contribution is -2.12. The second-order valence-electron chi connectivity index (χ2n) is 5.52. The second kappa shape index (κ2) is 7.08. The summed E-state index contributed by atoms with van der Waals surface area (Å²) >= 11 is 0. The summed E-state index contributed by atoms with van der Waals surface area (Å²) in [6.07, 6.45) is 2.92. The van der Waals surface area contributed by atoms with Crippen LogP contribution in [-0.2, 0) is 11.2 Å². The van der Waals surface area contributed by atoms with Gasteiger partial charge < -0.3 is 19.8 Å². The zero-order valence-corrected chi connectivity index (χ0v) is 13.8. The molecule has 2 aromatic carbocycles. The molecule has 0 aliphatic carbocycles. The van der Waals surface area contributed by atoms with E-state index < -0.39 is 0 Å². The third-order valence-electron chi connectivity index (χ3n) is 3.93. The third kappa shape index (κ3) is 3.51.